The Morgan fingerprint density at radius 3 is 2.52 bits per heavy atom. The van der Waals surface area contributed by atoms with Gasteiger partial charge in [0.25, 0.3) is 0 Å². The largest absolute Gasteiger partial charge is 0.463 e. The minimum Gasteiger partial charge on any atom is -0.463 e. The summed E-state index contributed by atoms with van der Waals surface area (Å²) in [7, 11) is 0. The van der Waals surface area contributed by atoms with Crippen molar-refractivity contribution in [3.05, 3.63) is 118 Å². The number of fused-ring (bicyclic) bond motifs is 1. The number of hydrogen-bond donors (Lipinski definition) is 1. The molecule has 3 aromatic rings. The number of carbonyl (C=O) groups is 2. The van der Waals surface area contributed by atoms with Crippen LogP contribution in [0, 0.1) is 5.82 Å². The monoisotopic (exact) mass is 557 g/mol. The Morgan fingerprint density at radius 1 is 1.02 bits per heavy atom. The molecule has 1 atom stereocenters. The first-order valence-corrected chi connectivity index (χ1v) is 13.8. The van der Waals surface area contributed by atoms with Crippen molar-refractivity contribution in [2.45, 2.75) is 32.9 Å². The summed E-state index contributed by atoms with van der Waals surface area (Å²) in [6.07, 6.45) is 0.0685. The summed E-state index contributed by atoms with van der Waals surface area (Å²) in [6, 6.07) is 22.4. The molecule has 40 heavy (non-hydrogen) atoms. The SMILES string of the molecule is CCOC(=O)C1=C(C)N=C2SC=C(CC(=O)NCc3ccc(F)cc3)N2C1c1cccc(Oc2ccccc2)c1. The Labute approximate surface area is 236 Å². The molecule has 0 aliphatic carbocycles. The number of halogens is 1. The number of hydrogen-bond acceptors (Lipinski definition) is 7. The molecule has 2 heterocycles. The molecule has 0 fully saturated rings. The van der Waals surface area contributed by atoms with Crippen molar-refractivity contribution in [1.29, 1.82) is 0 Å². The van der Waals surface area contributed by atoms with Crippen LogP contribution < -0.4 is 10.1 Å². The number of thioether (sulfide) groups is 1. The van der Waals surface area contributed by atoms with Gasteiger partial charge in [0, 0.05) is 12.2 Å². The van der Waals surface area contributed by atoms with Crippen LogP contribution in [0.25, 0.3) is 0 Å². The normalized spacial score (nSPS) is 16.2. The lowest BCUT2D eigenvalue weighted by Crippen LogP contribution is -2.38. The summed E-state index contributed by atoms with van der Waals surface area (Å²) in [5.74, 6) is 0.312. The fourth-order valence-corrected chi connectivity index (χ4v) is 5.52. The summed E-state index contributed by atoms with van der Waals surface area (Å²) in [4.78, 5) is 32.8. The van der Waals surface area contributed by atoms with Gasteiger partial charge < -0.3 is 19.7 Å². The summed E-state index contributed by atoms with van der Waals surface area (Å²) < 4.78 is 24.7. The van der Waals surface area contributed by atoms with E-state index in [2.05, 4.69) is 10.3 Å². The molecule has 0 saturated heterocycles. The number of carbonyl (C=O) groups excluding carboxylic acids is 2. The summed E-state index contributed by atoms with van der Waals surface area (Å²) >= 11 is 1.40. The fourth-order valence-electron chi connectivity index (χ4n) is 4.56. The van der Waals surface area contributed by atoms with E-state index in [0.717, 1.165) is 11.1 Å². The van der Waals surface area contributed by atoms with Crippen LogP contribution in [0.15, 0.2) is 106 Å². The van der Waals surface area contributed by atoms with Gasteiger partial charge in [-0.1, -0.05) is 54.2 Å². The Hall–Kier alpha value is -4.37. The maximum Gasteiger partial charge on any atom is 0.338 e. The zero-order valence-corrected chi connectivity index (χ0v) is 22.9. The smallest absolute Gasteiger partial charge is 0.338 e. The first-order chi connectivity index (χ1) is 19.4. The third-order valence-corrected chi connectivity index (χ3v) is 7.28. The van der Waals surface area contributed by atoms with Crippen molar-refractivity contribution in [3.8, 4) is 11.5 Å². The van der Waals surface area contributed by atoms with E-state index in [9.17, 15) is 14.0 Å². The molecule has 0 saturated carbocycles. The molecule has 1 N–H and O–H groups in total. The maximum atomic E-state index is 13.2. The van der Waals surface area contributed by atoms with Crippen LogP contribution in [0.2, 0.25) is 0 Å². The molecule has 0 bridgehead atoms. The van der Waals surface area contributed by atoms with Gasteiger partial charge in [-0.3, -0.25) is 4.79 Å². The van der Waals surface area contributed by atoms with Gasteiger partial charge in [0.15, 0.2) is 5.17 Å². The number of benzene rings is 3. The summed E-state index contributed by atoms with van der Waals surface area (Å²) in [5, 5.41) is 5.45. The molecule has 3 aromatic carbocycles. The molecule has 2 aliphatic heterocycles. The lowest BCUT2D eigenvalue weighted by molar-refractivity contribution is -0.139. The molecule has 0 radical (unpaired) electrons. The average molecular weight is 558 g/mol. The zero-order chi connectivity index (χ0) is 28.1. The Kier molecular flexibility index (Phi) is 8.31. The maximum absolute atomic E-state index is 13.2. The number of amides is 1. The number of allylic oxidation sites excluding steroid dienone is 1. The van der Waals surface area contributed by atoms with E-state index in [1.165, 1.54) is 23.9 Å². The Balaban J connectivity index is 1.43. The van der Waals surface area contributed by atoms with Crippen LogP contribution in [-0.4, -0.2) is 28.6 Å². The number of rotatable bonds is 9. The van der Waals surface area contributed by atoms with E-state index >= 15 is 0 Å². The molecule has 2 aliphatic rings. The van der Waals surface area contributed by atoms with Crippen LogP contribution >= 0.6 is 11.8 Å². The number of esters is 1. The molecule has 204 valence electrons. The lowest BCUT2D eigenvalue weighted by atomic mass is 9.93. The standard InChI is InChI=1S/C31H28FN3O4S/c1-3-38-30(37)28-20(2)34-31-35(24(19-40-31)17-27(36)33-18-21-12-14-23(32)15-13-21)29(28)22-8-7-11-26(16-22)39-25-9-5-4-6-10-25/h4-16,19,29H,3,17-18H2,1-2H3,(H,33,36). The molecule has 0 aromatic heterocycles. The zero-order valence-electron chi connectivity index (χ0n) is 22.1. The quantitative estimate of drug-likeness (QED) is 0.304. The number of ether oxygens (including phenoxy) is 2. The van der Waals surface area contributed by atoms with Gasteiger partial charge in [-0.05, 0) is 66.8 Å². The van der Waals surface area contributed by atoms with E-state index < -0.39 is 12.0 Å². The Morgan fingerprint density at radius 2 is 1.77 bits per heavy atom. The van der Waals surface area contributed by atoms with Gasteiger partial charge in [-0.15, -0.1) is 0 Å². The van der Waals surface area contributed by atoms with Crippen LogP contribution in [0.4, 0.5) is 4.39 Å². The molecular formula is C31H28FN3O4S. The second-order valence-electron chi connectivity index (χ2n) is 9.18. The minimum atomic E-state index is -0.572. The summed E-state index contributed by atoms with van der Waals surface area (Å²) in [6.45, 7) is 4.05. The second kappa shape index (κ2) is 12.2. The van der Waals surface area contributed by atoms with Gasteiger partial charge in [0.05, 0.1) is 30.3 Å². The fraction of sp³-hybridized carbons (Fsp3) is 0.194. The topological polar surface area (TPSA) is 80.2 Å². The number of para-hydroxylation sites is 1. The number of nitrogens with one attached hydrogen (secondary N) is 1. The van der Waals surface area contributed by atoms with Gasteiger partial charge in [-0.2, -0.15) is 0 Å². The van der Waals surface area contributed by atoms with Crippen molar-refractivity contribution >= 4 is 28.8 Å². The highest BCUT2D eigenvalue weighted by atomic mass is 32.2. The second-order valence-corrected chi connectivity index (χ2v) is 10.0. The first-order valence-electron chi connectivity index (χ1n) is 12.9. The van der Waals surface area contributed by atoms with Gasteiger partial charge in [0.2, 0.25) is 5.91 Å². The van der Waals surface area contributed by atoms with Gasteiger partial charge >= 0.3 is 5.97 Å². The number of amidine groups is 1. The van der Waals surface area contributed by atoms with Gasteiger partial charge in [0.1, 0.15) is 17.3 Å². The first kappa shape index (κ1) is 27.2. The molecule has 0 spiro atoms. The van der Waals surface area contributed by atoms with Crippen LogP contribution in [0.5, 0.6) is 11.5 Å². The van der Waals surface area contributed by atoms with Crippen molar-refractivity contribution in [2.24, 2.45) is 4.99 Å². The molecule has 9 heteroatoms. The van der Waals surface area contributed by atoms with Gasteiger partial charge in [-0.25, -0.2) is 14.2 Å². The molecule has 1 unspecified atom stereocenters. The van der Waals surface area contributed by atoms with E-state index in [1.807, 2.05) is 64.9 Å². The lowest BCUT2D eigenvalue weighted by Gasteiger charge is -2.36. The molecule has 5 rings (SSSR count). The van der Waals surface area contributed by atoms with Crippen molar-refractivity contribution in [2.75, 3.05) is 6.61 Å². The number of aliphatic imine (C=N–C) groups is 1. The molecular weight excluding hydrogens is 529 g/mol. The Bertz CT molecular complexity index is 1500. The third kappa shape index (κ3) is 6.10. The van der Waals surface area contributed by atoms with Crippen molar-refractivity contribution in [1.82, 2.24) is 10.2 Å². The van der Waals surface area contributed by atoms with E-state index in [-0.39, 0.29) is 31.3 Å². The molecule has 1 amide bonds. The van der Waals surface area contributed by atoms with E-state index in [4.69, 9.17) is 9.47 Å². The highest BCUT2D eigenvalue weighted by molar-refractivity contribution is 8.16. The highest BCUT2D eigenvalue weighted by Crippen LogP contribution is 2.45. The average Bonchev–Trinajstić information content (AvgIpc) is 3.34. The highest BCUT2D eigenvalue weighted by Gasteiger charge is 2.41. The number of nitrogens with zero attached hydrogens (tertiary/aromatic N) is 2. The predicted octanol–water partition coefficient (Wildman–Crippen LogP) is 6.46. The van der Waals surface area contributed by atoms with Crippen molar-refractivity contribution < 1.29 is 23.5 Å². The third-order valence-electron chi connectivity index (χ3n) is 6.39. The minimum absolute atomic E-state index is 0.0685. The summed E-state index contributed by atoms with van der Waals surface area (Å²) in [5.41, 5.74) is 3.26. The van der Waals surface area contributed by atoms with E-state index in [1.54, 1.807) is 26.0 Å². The van der Waals surface area contributed by atoms with Crippen molar-refractivity contribution in [3.63, 3.8) is 0 Å². The predicted molar refractivity (Wildman–Crippen MR) is 153 cm³/mol. The van der Waals surface area contributed by atoms with Crippen LogP contribution in [0.1, 0.15) is 37.4 Å². The molecule has 7 nitrogen and oxygen atoms in total. The van der Waals surface area contributed by atoms with E-state index in [0.29, 0.717) is 33.6 Å². The van der Waals surface area contributed by atoms with Crippen LogP contribution in [-0.2, 0) is 20.9 Å². The van der Waals surface area contributed by atoms with Crippen LogP contribution in [0.3, 0.4) is 0 Å².